The average Bonchev–Trinajstić information content (AvgIpc) is 2.66. The topological polar surface area (TPSA) is 139 Å². The average molecular weight is 369 g/mol. The summed E-state index contributed by atoms with van der Waals surface area (Å²) in [6, 6.07) is 13.5. The van der Waals surface area contributed by atoms with Crippen LogP contribution < -0.4 is 16.4 Å². The normalized spacial score (nSPS) is 11.3. The molecular formula is C19H19N3O5. The molecule has 0 fully saturated rings. The minimum Gasteiger partial charge on any atom is -0.478 e. The summed E-state index contributed by atoms with van der Waals surface area (Å²) in [6.07, 6.45) is 0.280. The van der Waals surface area contributed by atoms with E-state index in [1.807, 2.05) is 30.3 Å². The molecule has 0 aliphatic heterocycles. The molecule has 5 N–H and O–H groups in total. The van der Waals surface area contributed by atoms with E-state index in [1.54, 1.807) is 0 Å². The van der Waals surface area contributed by atoms with Gasteiger partial charge in [-0.2, -0.15) is 0 Å². The van der Waals surface area contributed by atoms with Crippen LogP contribution in [0.4, 0.5) is 0 Å². The number of carbonyl (C=O) groups excluding carboxylic acids is 3. The first-order valence-corrected chi connectivity index (χ1v) is 8.11. The summed E-state index contributed by atoms with van der Waals surface area (Å²) in [5, 5.41) is 13.3. The molecule has 8 heteroatoms. The Hall–Kier alpha value is -3.52. The van der Waals surface area contributed by atoms with Crippen LogP contribution in [0, 0.1) is 0 Å². The van der Waals surface area contributed by atoms with Crippen molar-refractivity contribution < 1.29 is 24.3 Å². The van der Waals surface area contributed by atoms with Gasteiger partial charge in [-0.3, -0.25) is 19.7 Å². The highest BCUT2D eigenvalue weighted by atomic mass is 16.4. The minimum absolute atomic E-state index is 0.0438. The maximum absolute atomic E-state index is 11.9. The Balaban J connectivity index is 1.80. The van der Waals surface area contributed by atoms with Crippen molar-refractivity contribution in [1.29, 1.82) is 0 Å². The second-order valence-corrected chi connectivity index (χ2v) is 5.77. The molecule has 3 amide bonds. The third kappa shape index (κ3) is 6.05. The summed E-state index contributed by atoms with van der Waals surface area (Å²) < 4.78 is 0. The summed E-state index contributed by atoms with van der Waals surface area (Å²) >= 11 is 0. The van der Waals surface area contributed by atoms with Gasteiger partial charge in [-0.05, 0) is 36.2 Å². The number of imide groups is 1. The summed E-state index contributed by atoms with van der Waals surface area (Å²) in [4.78, 5) is 46.5. The fourth-order valence-corrected chi connectivity index (χ4v) is 2.26. The maximum atomic E-state index is 11.9. The molecule has 0 spiro atoms. The van der Waals surface area contributed by atoms with Gasteiger partial charge >= 0.3 is 5.97 Å². The first kappa shape index (κ1) is 19.8. The monoisotopic (exact) mass is 369 g/mol. The first-order chi connectivity index (χ1) is 12.9. The third-order valence-corrected chi connectivity index (χ3v) is 3.70. The van der Waals surface area contributed by atoms with Gasteiger partial charge < -0.3 is 16.2 Å². The van der Waals surface area contributed by atoms with E-state index in [-0.39, 0.29) is 17.5 Å². The molecule has 0 saturated heterocycles. The third-order valence-electron chi connectivity index (χ3n) is 3.70. The van der Waals surface area contributed by atoms with Crippen molar-refractivity contribution in [2.45, 2.75) is 12.5 Å². The van der Waals surface area contributed by atoms with Crippen LogP contribution in [0.3, 0.4) is 0 Å². The second kappa shape index (κ2) is 9.25. The molecule has 2 aromatic rings. The predicted molar refractivity (Wildman–Crippen MR) is 97.0 cm³/mol. The van der Waals surface area contributed by atoms with Crippen LogP contribution in [-0.4, -0.2) is 41.4 Å². The van der Waals surface area contributed by atoms with Gasteiger partial charge in [0.25, 0.3) is 5.91 Å². The Morgan fingerprint density at radius 2 is 1.52 bits per heavy atom. The maximum Gasteiger partial charge on any atom is 0.335 e. The number of carboxylic acids is 1. The zero-order valence-electron chi connectivity index (χ0n) is 14.3. The smallest absolute Gasteiger partial charge is 0.335 e. The Morgan fingerprint density at radius 1 is 0.926 bits per heavy atom. The lowest BCUT2D eigenvalue weighted by molar-refractivity contribution is -0.130. The van der Waals surface area contributed by atoms with Gasteiger partial charge in [0.05, 0.1) is 18.2 Å². The van der Waals surface area contributed by atoms with Gasteiger partial charge in [-0.15, -0.1) is 0 Å². The number of nitrogens with one attached hydrogen (secondary N) is 2. The molecule has 0 aliphatic carbocycles. The minimum atomic E-state index is -1.10. The molecule has 8 nitrogen and oxygen atoms in total. The lowest BCUT2D eigenvalue weighted by Crippen LogP contribution is -2.47. The highest BCUT2D eigenvalue weighted by Crippen LogP contribution is 2.04. The van der Waals surface area contributed by atoms with E-state index in [0.717, 1.165) is 5.56 Å². The summed E-state index contributed by atoms with van der Waals surface area (Å²) in [5.41, 5.74) is 6.89. The second-order valence-electron chi connectivity index (χ2n) is 5.77. The van der Waals surface area contributed by atoms with Gasteiger partial charge in [-0.1, -0.05) is 30.3 Å². The molecule has 0 aliphatic rings. The van der Waals surface area contributed by atoms with Gasteiger partial charge in [-0.25, -0.2) is 4.79 Å². The standard InChI is InChI=1S/C19H19N3O5/c20-15(10-12-4-2-1-3-5-12)18(25)22-16(23)11-21-17(24)13-6-8-14(9-7-13)19(26)27/h1-9,15H,10-11,20H2,(H,21,24)(H,26,27)(H,22,23,25)/t15-/m0/s1. The number of nitrogens with two attached hydrogens (primary N) is 1. The van der Waals surface area contributed by atoms with Crippen molar-refractivity contribution >= 4 is 23.7 Å². The SMILES string of the molecule is N[C@@H](Cc1ccccc1)C(=O)NC(=O)CNC(=O)c1ccc(C(=O)O)cc1. The zero-order chi connectivity index (χ0) is 19.8. The summed E-state index contributed by atoms with van der Waals surface area (Å²) in [6.45, 7) is -0.413. The van der Waals surface area contributed by atoms with Crippen LogP contribution in [0.5, 0.6) is 0 Å². The number of hydrogen-bond donors (Lipinski definition) is 4. The van der Waals surface area contributed by atoms with Crippen molar-refractivity contribution in [2.75, 3.05) is 6.54 Å². The summed E-state index contributed by atoms with van der Waals surface area (Å²) in [5.74, 6) is -3.00. The molecule has 2 rings (SSSR count). The fraction of sp³-hybridized carbons (Fsp3) is 0.158. The number of rotatable bonds is 7. The van der Waals surface area contributed by atoms with E-state index in [4.69, 9.17) is 10.8 Å². The Morgan fingerprint density at radius 3 is 2.11 bits per heavy atom. The Bertz CT molecular complexity index is 834. The number of hydrogen-bond acceptors (Lipinski definition) is 5. The van der Waals surface area contributed by atoms with E-state index in [1.165, 1.54) is 24.3 Å². The number of aromatic carboxylic acids is 1. The van der Waals surface area contributed by atoms with E-state index >= 15 is 0 Å². The number of carboxylic acid groups (broad SMARTS) is 1. The molecule has 0 saturated carbocycles. The van der Waals surface area contributed by atoms with Crippen LogP contribution in [-0.2, 0) is 16.0 Å². The highest BCUT2D eigenvalue weighted by molar-refractivity contribution is 6.01. The largest absolute Gasteiger partial charge is 0.478 e. The van der Waals surface area contributed by atoms with Crippen molar-refractivity contribution in [1.82, 2.24) is 10.6 Å². The number of amides is 3. The summed E-state index contributed by atoms with van der Waals surface area (Å²) in [7, 11) is 0. The van der Waals surface area contributed by atoms with E-state index in [2.05, 4.69) is 10.6 Å². The molecule has 2 aromatic carbocycles. The van der Waals surface area contributed by atoms with Crippen LogP contribution in [0.25, 0.3) is 0 Å². The van der Waals surface area contributed by atoms with Crippen LogP contribution in [0.1, 0.15) is 26.3 Å². The van der Waals surface area contributed by atoms with Crippen molar-refractivity contribution in [2.24, 2.45) is 5.73 Å². The lowest BCUT2D eigenvalue weighted by Gasteiger charge is -2.12. The van der Waals surface area contributed by atoms with Gasteiger partial charge in [0.1, 0.15) is 0 Å². The predicted octanol–water partition coefficient (Wildman–Crippen LogP) is 0.327. The molecule has 0 heterocycles. The van der Waals surface area contributed by atoms with Crippen LogP contribution >= 0.6 is 0 Å². The van der Waals surface area contributed by atoms with E-state index in [0.29, 0.717) is 0 Å². The molecule has 1 atom stereocenters. The van der Waals surface area contributed by atoms with Gasteiger partial charge in [0.15, 0.2) is 0 Å². The van der Waals surface area contributed by atoms with Crippen molar-refractivity contribution in [3.63, 3.8) is 0 Å². The quantitative estimate of drug-likeness (QED) is 0.555. The Labute approximate surface area is 155 Å². The first-order valence-electron chi connectivity index (χ1n) is 8.11. The van der Waals surface area contributed by atoms with Crippen LogP contribution in [0.2, 0.25) is 0 Å². The molecule has 140 valence electrons. The molecule has 0 bridgehead atoms. The Kier molecular flexibility index (Phi) is 6.79. The molecular weight excluding hydrogens is 350 g/mol. The van der Waals surface area contributed by atoms with Crippen molar-refractivity contribution in [3.8, 4) is 0 Å². The zero-order valence-corrected chi connectivity index (χ0v) is 14.3. The lowest BCUT2D eigenvalue weighted by atomic mass is 10.1. The molecule has 0 aromatic heterocycles. The molecule has 0 radical (unpaired) electrons. The van der Waals surface area contributed by atoms with E-state index < -0.39 is 36.3 Å². The van der Waals surface area contributed by atoms with Crippen molar-refractivity contribution in [3.05, 3.63) is 71.3 Å². The van der Waals surface area contributed by atoms with Crippen LogP contribution in [0.15, 0.2) is 54.6 Å². The highest BCUT2D eigenvalue weighted by Gasteiger charge is 2.17. The van der Waals surface area contributed by atoms with Gasteiger partial charge in [0.2, 0.25) is 11.8 Å². The fourth-order valence-electron chi connectivity index (χ4n) is 2.26. The molecule has 0 unspecified atom stereocenters. The molecule has 27 heavy (non-hydrogen) atoms. The number of carbonyl (C=O) groups is 4. The van der Waals surface area contributed by atoms with Gasteiger partial charge in [0, 0.05) is 5.56 Å². The number of benzene rings is 2. The van der Waals surface area contributed by atoms with E-state index in [9.17, 15) is 19.2 Å².